The van der Waals surface area contributed by atoms with Crippen molar-refractivity contribution in [3.05, 3.63) is 70.8 Å². The molecule has 5 rings (SSSR count). The normalized spacial score (nSPS) is 28.2. The Bertz CT molecular complexity index is 1270. The second-order valence-electron chi connectivity index (χ2n) is 10.8. The molecular weight excluding hydrogens is 468 g/mol. The maximum atomic E-state index is 13.4. The maximum absolute atomic E-state index is 13.4. The van der Waals surface area contributed by atoms with Crippen molar-refractivity contribution < 1.29 is 16.8 Å². The molecule has 0 amide bonds. The van der Waals surface area contributed by atoms with E-state index in [1.807, 2.05) is 38.1 Å². The van der Waals surface area contributed by atoms with Crippen molar-refractivity contribution in [3.63, 3.8) is 0 Å². The van der Waals surface area contributed by atoms with Crippen molar-refractivity contribution in [2.24, 2.45) is 10.8 Å². The highest BCUT2D eigenvalue weighted by atomic mass is 32.2. The lowest BCUT2D eigenvalue weighted by molar-refractivity contribution is 0.246. The van der Waals surface area contributed by atoms with Crippen molar-refractivity contribution in [3.8, 4) is 0 Å². The van der Waals surface area contributed by atoms with E-state index in [4.69, 9.17) is 0 Å². The Hall–Kier alpha value is -2.00. The van der Waals surface area contributed by atoms with E-state index in [9.17, 15) is 16.8 Å². The van der Waals surface area contributed by atoms with Crippen LogP contribution in [0.5, 0.6) is 0 Å². The van der Waals surface area contributed by atoms with Crippen LogP contribution in [0.4, 0.5) is 0 Å². The van der Waals surface area contributed by atoms with E-state index in [2.05, 4.69) is 13.8 Å². The van der Waals surface area contributed by atoms with Gasteiger partial charge in [0.1, 0.15) is 0 Å². The molecule has 0 saturated carbocycles. The van der Waals surface area contributed by atoms with Gasteiger partial charge in [-0.05, 0) is 62.1 Å². The Balaban J connectivity index is 1.50. The van der Waals surface area contributed by atoms with Crippen LogP contribution in [0.25, 0.3) is 0 Å². The molecule has 0 N–H and O–H groups in total. The lowest BCUT2D eigenvalue weighted by atomic mass is 9.64. The van der Waals surface area contributed by atoms with Gasteiger partial charge in [0.05, 0.1) is 9.79 Å². The van der Waals surface area contributed by atoms with Crippen LogP contribution in [0.1, 0.15) is 37.8 Å². The number of nitrogens with zero attached hydrogens (tertiary/aromatic N) is 2. The molecule has 3 aliphatic rings. The Morgan fingerprint density at radius 1 is 0.618 bits per heavy atom. The monoisotopic (exact) mass is 500 g/mol. The van der Waals surface area contributed by atoms with Gasteiger partial charge in [-0.25, -0.2) is 16.8 Å². The van der Waals surface area contributed by atoms with Crippen LogP contribution in [-0.2, 0) is 20.0 Å². The first kappa shape index (κ1) is 23.7. The fraction of sp³-hybridized carbons (Fsp3) is 0.462. The third-order valence-electron chi connectivity index (χ3n) is 8.09. The lowest BCUT2D eigenvalue weighted by Crippen LogP contribution is -2.35. The molecule has 2 aromatic carbocycles. The second-order valence-corrected chi connectivity index (χ2v) is 14.6. The molecule has 2 saturated heterocycles. The van der Waals surface area contributed by atoms with Crippen LogP contribution in [-0.4, -0.2) is 51.6 Å². The molecule has 1 aliphatic carbocycles. The van der Waals surface area contributed by atoms with Gasteiger partial charge in [0.15, 0.2) is 0 Å². The SMILES string of the molecule is Cc1ccc(S(=O)(=O)N2CC3=C4CN(S(=O)(=O)c5ccc(C)cc5)C[C@]4(C)CC[C@@]3(C)C2)cc1. The molecule has 2 atom stereocenters. The minimum absolute atomic E-state index is 0.268. The first-order valence-corrected chi connectivity index (χ1v) is 14.6. The van der Waals surface area contributed by atoms with Crippen LogP contribution >= 0.6 is 0 Å². The Kier molecular flexibility index (Phi) is 5.41. The van der Waals surface area contributed by atoms with Crippen molar-refractivity contribution in [2.75, 3.05) is 26.2 Å². The van der Waals surface area contributed by atoms with Crippen LogP contribution in [0.15, 0.2) is 69.5 Å². The summed E-state index contributed by atoms with van der Waals surface area (Å²) in [5.41, 5.74) is 3.72. The molecular formula is C26H32N2O4S2. The summed E-state index contributed by atoms with van der Waals surface area (Å²) in [6, 6.07) is 14.0. The molecule has 0 spiro atoms. The highest BCUT2D eigenvalue weighted by Crippen LogP contribution is 2.56. The molecule has 2 aliphatic heterocycles. The standard InChI is InChI=1S/C26H32N2O4S2/c1-19-5-9-21(10-6-19)33(29,30)27-15-23-24-16-28(18-26(24,4)14-13-25(23,3)17-27)34(31,32)22-11-7-20(2)8-12-22/h5-12H,13-18H2,1-4H3/t25-,26-/m0/s1. The number of hydrogen-bond donors (Lipinski definition) is 0. The van der Waals surface area contributed by atoms with E-state index in [-0.39, 0.29) is 10.8 Å². The van der Waals surface area contributed by atoms with Crippen molar-refractivity contribution in [2.45, 2.75) is 50.3 Å². The van der Waals surface area contributed by atoms with Gasteiger partial charge in [-0.2, -0.15) is 8.61 Å². The van der Waals surface area contributed by atoms with E-state index >= 15 is 0 Å². The van der Waals surface area contributed by atoms with Crippen LogP contribution in [0.3, 0.4) is 0 Å². The zero-order chi connectivity index (χ0) is 24.5. The summed E-state index contributed by atoms with van der Waals surface area (Å²) in [6.45, 7) is 9.67. The minimum atomic E-state index is -3.62. The summed E-state index contributed by atoms with van der Waals surface area (Å²) in [4.78, 5) is 0.618. The smallest absolute Gasteiger partial charge is 0.207 e. The maximum Gasteiger partial charge on any atom is 0.243 e. The molecule has 2 fully saturated rings. The predicted molar refractivity (Wildman–Crippen MR) is 132 cm³/mol. The summed E-state index contributed by atoms with van der Waals surface area (Å²) in [5.74, 6) is 0. The largest absolute Gasteiger partial charge is 0.243 e. The summed E-state index contributed by atoms with van der Waals surface area (Å²) < 4.78 is 56.9. The van der Waals surface area contributed by atoms with Crippen LogP contribution < -0.4 is 0 Å². The zero-order valence-corrected chi connectivity index (χ0v) is 21.8. The second kappa shape index (κ2) is 7.75. The summed E-state index contributed by atoms with van der Waals surface area (Å²) in [5, 5.41) is 0. The van der Waals surface area contributed by atoms with Gasteiger partial charge in [-0.15, -0.1) is 0 Å². The first-order valence-electron chi connectivity index (χ1n) is 11.7. The number of benzene rings is 2. The first-order chi connectivity index (χ1) is 15.8. The fourth-order valence-electron chi connectivity index (χ4n) is 5.81. The highest BCUT2D eigenvalue weighted by Gasteiger charge is 2.54. The van der Waals surface area contributed by atoms with Gasteiger partial charge in [-0.3, -0.25) is 0 Å². The Morgan fingerprint density at radius 3 is 1.26 bits per heavy atom. The van der Waals surface area contributed by atoms with E-state index in [0.717, 1.165) is 35.1 Å². The Labute approximate surface area is 203 Å². The molecule has 6 nitrogen and oxygen atoms in total. The molecule has 8 heteroatoms. The van der Waals surface area contributed by atoms with Gasteiger partial charge < -0.3 is 0 Å². The third kappa shape index (κ3) is 3.66. The third-order valence-corrected chi connectivity index (χ3v) is 11.7. The van der Waals surface area contributed by atoms with Gasteiger partial charge in [-0.1, -0.05) is 49.2 Å². The van der Waals surface area contributed by atoms with Crippen molar-refractivity contribution in [1.82, 2.24) is 8.61 Å². The van der Waals surface area contributed by atoms with Crippen molar-refractivity contribution >= 4 is 20.0 Å². The number of aryl methyl sites for hydroxylation is 2. The Morgan fingerprint density at radius 2 is 0.941 bits per heavy atom. The zero-order valence-electron chi connectivity index (χ0n) is 20.2. The lowest BCUT2D eigenvalue weighted by Gasteiger charge is -2.40. The topological polar surface area (TPSA) is 74.8 Å². The molecule has 2 heterocycles. The molecule has 34 heavy (non-hydrogen) atoms. The molecule has 0 bridgehead atoms. The van der Waals surface area contributed by atoms with Gasteiger partial charge in [0.2, 0.25) is 20.0 Å². The fourth-order valence-corrected chi connectivity index (χ4v) is 8.87. The number of rotatable bonds is 4. The quantitative estimate of drug-likeness (QED) is 0.592. The number of fused-ring (bicyclic) bond motifs is 2. The van der Waals surface area contributed by atoms with Gasteiger partial charge >= 0.3 is 0 Å². The highest BCUT2D eigenvalue weighted by molar-refractivity contribution is 7.89. The summed E-state index contributed by atoms with van der Waals surface area (Å²) in [7, 11) is -7.24. The van der Waals surface area contributed by atoms with E-state index in [1.54, 1.807) is 32.9 Å². The van der Waals surface area contributed by atoms with E-state index in [1.165, 1.54) is 0 Å². The van der Waals surface area contributed by atoms with Crippen LogP contribution in [0.2, 0.25) is 0 Å². The molecule has 0 unspecified atom stereocenters. The van der Waals surface area contributed by atoms with E-state index < -0.39 is 20.0 Å². The average molecular weight is 501 g/mol. The predicted octanol–water partition coefficient (Wildman–Crippen LogP) is 4.12. The van der Waals surface area contributed by atoms with Gasteiger partial charge in [0, 0.05) is 37.0 Å². The van der Waals surface area contributed by atoms with Crippen molar-refractivity contribution in [1.29, 1.82) is 0 Å². The molecule has 182 valence electrons. The van der Waals surface area contributed by atoms with E-state index in [0.29, 0.717) is 36.0 Å². The molecule has 2 aromatic rings. The minimum Gasteiger partial charge on any atom is -0.207 e. The van der Waals surface area contributed by atoms with Crippen LogP contribution in [0, 0.1) is 24.7 Å². The summed E-state index contributed by atoms with van der Waals surface area (Å²) >= 11 is 0. The summed E-state index contributed by atoms with van der Waals surface area (Å²) in [6.07, 6.45) is 1.70. The average Bonchev–Trinajstić information content (AvgIpc) is 3.32. The molecule has 0 radical (unpaired) electrons. The molecule has 0 aromatic heterocycles. The number of sulfonamides is 2. The van der Waals surface area contributed by atoms with Gasteiger partial charge in [0.25, 0.3) is 0 Å². The number of hydrogen-bond acceptors (Lipinski definition) is 4.